The number of carboxylic acid groups (broad SMARTS) is 1. The number of anilines is 1. The van der Waals surface area contributed by atoms with Crippen molar-refractivity contribution in [2.45, 2.75) is 30.8 Å². The molecule has 0 fully saturated rings. The molecule has 0 aromatic heterocycles. The molecule has 0 bridgehead atoms. The maximum atomic E-state index is 13.9. The van der Waals surface area contributed by atoms with E-state index in [1.165, 1.54) is 28.6 Å². The third-order valence-corrected chi connectivity index (χ3v) is 7.49. The summed E-state index contributed by atoms with van der Waals surface area (Å²) in [6.07, 6.45) is -0.654. The maximum absolute atomic E-state index is 13.9. The Hall–Kier alpha value is -3.10. The zero-order chi connectivity index (χ0) is 23.8. The van der Waals surface area contributed by atoms with E-state index < -0.39 is 27.9 Å². The van der Waals surface area contributed by atoms with Crippen LogP contribution in [0.1, 0.15) is 18.4 Å². The standard InChI is InChI=1S/C24H21ClFNO5S/c1-15-3-2-4-19(11-15)33(30,31)27-14-18(7-10-24(28)29)32-23-9-5-16(12-22(23)27)20-13-17(26)6-8-21(20)25/h2-6,8-9,11-13,18H,7,10,14H2,1H3,(H,28,29)/t18-/m0/s1. The van der Waals surface area contributed by atoms with E-state index in [1.54, 1.807) is 43.3 Å². The Kier molecular flexibility index (Phi) is 6.32. The lowest BCUT2D eigenvalue weighted by Gasteiger charge is -2.35. The average molecular weight is 490 g/mol. The van der Waals surface area contributed by atoms with E-state index in [0.29, 0.717) is 21.9 Å². The van der Waals surface area contributed by atoms with E-state index in [9.17, 15) is 17.6 Å². The molecule has 0 aliphatic carbocycles. The first kappa shape index (κ1) is 23.1. The molecule has 0 saturated carbocycles. The van der Waals surface area contributed by atoms with Gasteiger partial charge in [-0.3, -0.25) is 9.10 Å². The summed E-state index contributed by atoms with van der Waals surface area (Å²) in [7, 11) is -3.99. The molecule has 0 radical (unpaired) electrons. The number of benzene rings is 3. The number of rotatable bonds is 6. The molecule has 6 nitrogen and oxygen atoms in total. The van der Waals surface area contributed by atoms with Gasteiger partial charge in [-0.15, -0.1) is 0 Å². The number of aliphatic carboxylic acids is 1. The van der Waals surface area contributed by atoms with Crippen molar-refractivity contribution in [3.8, 4) is 16.9 Å². The van der Waals surface area contributed by atoms with Gasteiger partial charge in [0.2, 0.25) is 0 Å². The Balaban J connectivity index is 1.82. The molecule has 0 spiro atoms. The highest BCUT2D eigenvalue weighted by atomic mass is 35.5. The molecular formula is C24H21ClFNO5S. The number of halogens is 2. The number of carboxylic acids is 1. The quantitative estimate of drug-likeness (QED) is 0.509. The summed E-state index contributed by atoms with van der Waals surface area (Å²) in [6, 6.07) is 15.4. The predicted molar refractivity (Wildman–Crippen MR) is 124 cm³/mol. The Morgan fingerprint density at radius 1 is 1.18 bits per heavy atom. The van der Waals surface area contributed by atoms with Crippen molar-refractivity contribution in [3.05, 3.63) is 77.1 Å². The summed E-state index contributed by atoms with van der Waals surface area (Å²) >= 11 is 6.26. The van der Waals surface area contributed by atoms with Gasteiger partial charge in [0.1, 0.15) is 17.7 Å². The maximum Gasteiger partial charge on any atom is 0.303 e. The lowest BCUT2D eigenvalue weighted by atomic mass is 10.0. The Morgan fingerprint density at radius 3 is 2.70 bits per heavy atom. The summed E-state index contributed by atoms with van der Waals surface area (Å²) in [5, 5.41) is 9.37. The normalized spacial score (nSPS) is 15.6. The molecule has 33 heavy (non-hydrogen) atoms. The molecule has 0 saturated heterocycles. The number of hydrogen-bond donors (Lipinski definition) is 1. The largest absolute Gasteiger partial charge is 0.486 e. The van der Waals surface area contributed by atoms with Gasteiger partial charge in [-0.25, -0.2) is 12.8 Å². The van der Waals surface area contributed by atoms with Crippen molar-refractivity contribution in [1.29, 1.82) is 0 Å². The molecule has 3 aromatic carbocycles. The van der Waals surface area contributed by atoms with Gasteiger partial charge in [0.05, 0.1) is 17.1 Å². The van der Waals surface area contributed by atoms with Crippen molar-refractivity contribution < 1.29 is 27.4 Å². The van der Waals surface area contributed by atoms with Crippen molar-refractivity contribution in [1.82, 2.24) is 0 Å². The van der Waals surface area contributed by atoms with Crippen molar-refractivity contribution >= 4 is 33.3 Å². The number of fused-ring (bicyclic) bond motifs is 1. The molecule has 0 unspecified atom stereocenters. The van der Waals surface area contributed by atoms with E-state index in [-0.39, 0.29) is 30.0 Å². The molecule has 9 heteroatoms. The van der Waals surface area contributed by atoms with Crippen LogP contribution in [0.15, 0.2) is 65.6 Å². The molecule has 1 heterocycles. The van der Waals surface area contributed by atoms with Crippen molar-refractivity contribution in [3.63, 3.8) is 0 Å². The molecule has 1 atom stereocenters. The highest BCUT2D eigenvalue weighted by Gasteiger charge is 2.35. The zero-order valence-electron chi connectivity index (χ0n) is 17.7. The van der Waals surface area contributed by atoms with Gasteiger partial charge in [0.15, 0.2) is 0 Å². The number of ether oxygens (including phenoxy) is 1. The number of hydrogen-bond acceptors (Lipinski definition) is 4. The first-order valence-electron chi connectivity index (χ1n) is 10.2. The van der Waals surface area contributed by atoms with Gasteiger partial charge < -0.3 is 9.84 Å². The third kappa shape index (κ3) is 4.82. The van der Waals surface area contributed by atoms with E-state index in [1.807, 2.05) is 0 Å². The predicted octanol–water partition coefficient (Wildman–Crippen LogP) is 5.28. The summed E-state index contributed by atoms with van der Waals surface area (Å²) < 4.78 is 48.3. The fourth-order valence-electron chi connectivity index (χ4n) is 3.76. The molecule has 172 valence electrons. The summed E-state index contributed by atoms with van der Waals surface area (Å²) in [5.74, 6) is -1.17. The van der Waals surface area contributed by atoms with Gasteiger partial charge in [-0.2, -0.15) is 0 Å². The van der Waals surface area contributed by atoms with Crippen LogP contribution in [0, 0.1) is 12.7 Å². The van der Waals surface area contributed by atoms with Crippen LogP contribution in [0.3, 0.4) is 0 Å². The van der Waals surface area contributed by atoms with Crippen LogP contribution in [0.25, 0.3) is 11.1 Å². The molecule has 1 N–H and O–H groups in total. The number of carbonyl (C=O) groups is 1. The minimum Gasteiger partial charge on any atom is -0.486 e. The molecular weight excluding hydrogens is 469 g/mol. The highest BCUT2D eigenvalue weighted by Crippen LogP contribution is 2.41. The Labute approximate surface area is 196 Å². The first-order chi connectivity index (χ1) is 15.6. The zero-order valence-corrected chi connectivity index (χ0v) is 19.2. The molecule has 1 aliphatic rings. The van der Waals surface area contributed by atoms with E-state index in [4.69, 9.17) is 21.4 Å². The van der Waals surface area contributed by atoms with Crippen LogP contribution in [0.2, 0.25) is 5.02 Å². The van der Waals surface area contributed by atoms with Crippen LogP contribution < -0.4 is 9.04 Å². The number of aryl methyl sites for hydroxylation is 1. The Morgan fingerprint density at radius 2 is 1.97 bits per heavy atom. The van der Waals surface area contributed by atoms with E-state index >= 15 is 0 Å². The summed E-state index contributed by atoms with van der Waals surface area (Å²) in [4.78, 5) is 11.2. The second kappa shape index (κ2) is 9.03. The van der Waals surface area contributed by atoms with Crippen LogP contribution >= 0.6 is 11.6 Å². The monoisotopic (exact) mass is 489 g/mol. The number of sulfonamides is 1. The second-order valence-corrected chi connectivity index (χ2v) is 10.1. The smallest absolute Gasteiger partial charge is 0.303 e. The summed E-state index contributed by atoms with van der Waals surface area (Å²) in [5.41, 5.74) is 2.00. The molecule has 1 aliphatic heterocycles. The second-order valence-electron chi connectivity index (χ2n) is 7.83. The van der Waals surface area contributed by atoms with E-state index in [0.717, 1.165) is 5.56 Å². The fourth-order valence-corrected chi connectivity index (χ4v) is 5.59. The first-order valence-corrected chi connectivity index (χ1v) is 12.0. The van der Waals surface area contributed by atoms with Crippen molar-refractivity contribution in [2.75, 3.05) is 10.8 Å². The van der Waals surface area contributed by atoms with Crippen LogP contribution in [-0.4, -0.2) is 32.1 Å². The van der Waals surface area contributed by atoms with E-state index in [2.05, 4.69) is 0 Å². The highest BCUT2D eigenvalue weighted by molar-refractivity contribution is 7.92. The average Bonchev–Trinajstić information content (AvgIpc) is 2.78. The van der Waals surface area contributed by atoms with Crippen molar-refractivity contribution in [2.24, 2.45) is 0 Å². The minimum absolute atomic E-state index is 0.0586. The molecule has 3 aromatic rings. The lowest BCUT2D eigenvalue weighted by molar-refractivity contribution is -0.137. The van der Waals surface area contributed by atoms with Gasteiger partial charge in [0, 0.05) is 17.0 Å². The van der Waals surface area contributed by atoms with Crippen LogP contribution in [0.5, 0.6) is 5.75 Å². The van der Waals surface area contributed by atoms with Gasteiger partial charge in [0.25, 0.3) is 10.0 Å². The fraction of sp³-hybridized carbons (Fsp3) is 0.208. The van der Waals surface area contributed by atoms with Gasteiger partial charge in [-0.1, -0.05) is 29.8 Å². The SMILES string of the molecule is Cc1cccc(S(=O)(=O)N2C[C@H](CCC(=O)O)Oc3ccc(-c4cc(F)ccc4Cl)cc32)c1. The van der Waals surface area contributed by atoms with Gasteiger partial charge >= 0.3 is 5.97 Å². The van der Waals surface area contributed by atoms with Gasteiger partial charge in [-0.05, 0) is 66.9 Å². The number of nitrogens with zero attached hydrogens (tertiary/aromatic N) is 1. The topological polar surface area (TPSA) is 83.9 Å². The minimum atomic E-state index is -3.99. The lowest BCUT2D eigenvalue weighted by Crippen LogP contribution is -2.43. The van der Waals surface area contributed by atoms with Crippen LogP contribution in [-0.2, 0) is 14.8 Å². The molecule has 4 rings (SSSR count). The third-order valence-electron chi connectivity index (χ3n) is 5.39. The Bertz CT molecular complexity index is 1330. The molecule has 0 amide bonds. The van der Waals surface area contributed by atoms with Crippen LogP contribution in [0.4, 0.5) is 10.1 Å². The summed E-state index contributed by atoms with van der Waals surface area (Å²) in [6.45, 7) is 1.74.